The van der Waals surface area contributed by atoms with Crippen LogP contribution in [0.5, 0.6) is 0 Å². The minimum atomic E-state index is -0.281. The van der Waals surface area contributed by atoms with Gasteiger partial charge in [-0.05, 0) is 32.1 Å². The van der Waals surface area contributed by atoms with Gasteiger partial charge in [-0.15, -0.1) is 0 Å². The number of carbonyl (C=O) groups excluding carboxylic acids is 1. The number of rotatable bonds is 5. The molecular weight excluding hydrogens is 188 g/mol. The number of hydrogen-bond donors (Lipinski definition) is 0. The largest absolute Gasteiger partial charge is 0.466 e. The van der Waals surface area contributed by atoms with Crippen molar-refractivity contribution in [2.45, 2.75) is 34.1 Å². The molecule has 0 aromatic rings. The maximum atomic E-state index is 10.9. The van der Waals surface area contributed by atoms with Gasteiger partial charge >= 0.3 is 5.97 Å². The van der Waals surface area contributed by atoms with E-state index in [1.165, 1.54) is 18.8 Å². The number of methoxy groups -OCH3 is 1. The Morgan fingerprint density at radius 2 is 1.93 bits per heavy atom. The van der Waals surface area contributed by atoms with E-state index in [0.29, 0.717) is 11.8 Å². The van der Waals surface area contributed by atoms with Crippen LogP contribution in [-0.4, -0.2) is 13.1 Å². The standard InChI is InChI=1S/C13H22O2/c1-10(2)6-7-11(3)12(4)8-9-13(14)15-5/h6,8-9,11-12H,7H2,1-5H3/b9-8+/t11-,12+/m1/s1. The summed E-state index contributed by atoms with van der Waals surface area (Å²) < 4.78 is 4.54. The van der Waals surface area contributed by atoms with Crippen LogP contribution in [0.25, 0.3) is 0 Å². The smallest absolute Gasteiger partial charge is 0.330 e. The van der Waals surface area contributed by atoms with Crippen LogP contribution in [0.3, 0.4) is 0 Å². The lowest BCUT2D eigenvalue weighted by molar-refractivity contribution is -0.134. The van der Waals surface area contributed by atoms with Crippen molar-refractivity contribution in [1.29, 1.82) is 0 Å². The molecule has 2 nitrogen and oxygen atoms in total. The summed E-state index contributed by atoms with van der Waals surface area (Å²) >= 11 is 0. The normalized spacial score (nSPS) is 14.7. The van der Waals surface area contributed by atoms with Crippen molar-refractivity contribution in [2.24, 2.45) is 11.8 Å². The van der Waals surface area contributed by atoms with Crippen LogP contribution in [0, 0.1) is 11.8 Å². The molecule has 0 radical (unpaired) electrons. The van der Waals surface area contributed by atoms with Crippen molar-refractivity contribution in [2.75, 3.05) is 7.11 Å². The molecule has 0 heterocycles. The van der Waals surface area contributed by atoms with Gasteiger partial charge in [-0.3, -0.25) is 0 Å². The first-order chi connectivity index (χ1) is 6.97. The Morgan fingerprint density at radius 3 is 2.40 bits per heavy atom. The third-order valence-corrected chi connectivity index (χ3v) is 2.53. The summed E-state index contributed by atoms with van der Waals surface area (Å²) in [6.45, 7) is 8.50. The fourth-order valence-corrected chi connectivity index (χ4v) is 1.12. The van der Waals surface area contributed by atoms with Gasteiger partial charge in [0.2, 0.25) is 0 Å². The molecule has 2 heteroatoms. The first-order valence-electron chi connectivity index (χ1n) is 5.37. The minimum absolute atomic E-state index is 0.281. The lowest BCUT2D eigenvalue weighted by atomic mass is 9.92. The molecule has 0 aliphatic carbocycles. The van der Waals surface area contributed by atoms with Gasteiger partial charge < -0.3 is 4.74 Å². The second-order valence-corrected chi connectivity index (χ2v) is 4.24. The van der Waals surface area contributed by atoms with Crippen LogP contribution in [0.15, 0.2) is 23.8 Å². The third kappa shape index (κ3) is 6.95. The van der Waals surface area contributed by atoms with Gasteiger partial charge in [0.05, 0.1) is 7.11 Å². The highest BCUT2D eigenvalue weighted by molar-refractivity contribution is 5.81. The van der Waals surface area contributed by atoms with Gasteiger partial charge in [0.15, 0.2) is 0 Å². The Kier molecular flexibility index (Phi) is 6.76. The lowest BCUT2D eigenvalue weighted by Gasteiger charge is -2.14. The molecule has 15 heavy (non-hydrogen) atoms. The average Bonchev–Trinajstić information content (AvgIpc) is 2.21. The van der Waals surface area contributed by atoms with Crippen LogP contribution in [0.2, 0.25) is 0 Å². The van der Waals surface area contributed by atoms with Crippen molar-refractivity contribution < 1.29 is 9.53 Å². The summed E-state index contributed by atoms with van der Waals surface area (Å²) in [7, 11) is 1.39. The number of esters is 1. The average molecular weight is 210 g/mol. The van der Waals surface area contributed by atoms with E-state index in [-0.39, 0.29) is 5.97 Å². The molecule has 0 rings (SSSR count). The summed E-state index contributed by atoms with van der Waals surface area (Å²) in [6, 6.07) is 0. The highest BCUT2D eigenvalue weighted by Gasteiger charge is 2.07. The minimum Gasteiger partial charge on any atom is -0.466 e. The van der Waals surface area contributed by atoms with E-state index < -0.39 is 0 Å². The van der Waals surface area contributed by atoms with Gasteiger partial charge in [-0.2, -0.15) is 0 Å². The quantitative estimate of drug-likeness (QED) is 0.395. The van der Waals surface area contributed by atoms with Crippen molar-refractivity contribution in [3.05, 3.63) is 23.8 Å². The summed E-state index contributed by atoms with van der Waals surface area (Å²) in [5.41, 5.74) is 1.34. The van der Waals surface area contributed by atoms with Crippen LogP contribution in [0.4, 0.5) is 0 Å². The Balaban J connectivity index is 4.09. The lowest BCUT2D eigenvalue weighted by Crippen LogP contribution is -2.05. The summed E-state index contributed by atoms with van der Waals surface area (Å²) in [6.07, 6.45) is 6.70. The summed E-state index contributed by atoms with van der Waals surface area (Å²) in [5, 5.41) is 0. The number of ether oxygens (including phenoxy) is 1. The molecule has 0 fully saturated rings. The van der Waals surface area contributed by atoms with E-state index in [1.807, 2.05) is 6.08 Å². The van der Waals surface area contributed by atoms with Crippen LogP contribution in [0.1, 0.15) is 34.1 Å². The Bertz CT molecular complexity index is 247. The molecule has 0 amide bonds. The molecule has 86 valence electrons. The predicted molar refractivity (Wildman–Crippen MR) is 63.5 cm³/mol. The third-order valence-electron chi connectivity index (χ3n) is 2.53. The highest BCUT2D eigenvalue weighted by Crippen LogP contribution is 2.17. The number of allylic oxidation sites excluding steroid dienone is 3. The van der Waals surface area contributed by atoms with Gasteiger partial charge in [0.1, 0.15) is 0 Å². The SMILES string of the molecule is COC(=O)/C=C/[C@H](C)[C@H](C)CC=C(C)C. The van der Waals surface area contributed by atoms with Crippen molar-refractivity contribution >= 4 is 5.97 Å². The summed E-state index contributed by atoms with van der Waals surface area (Å²) in [5.74, 6) is 0.650. The maximum absolute atomic E-state index is 10.9. The molecule has 0 aromatic heterocycles. The van der Waals surface area contributed by atoms with E-state index in [4.69, 9.17) is 0 Å². The van der Waals surface area contributed by atoms with E-state index >= 15 is 0 Å². The van der Waals surface area contributed by atoms with E-state index in [2.05, 4.69) is 38.5 Å². The molecule has 0 bridgehead atoms. The van der Waals surface area contributed by atoms with Crippen LogP contribution < -0.4 is 0 Å². The molecule has 0 saturated heterocycles. The number of hydrogen-bond acceptors (Lipinski definition) is 2. The molecule has 0 spiro atoms. The topological polar surface area (TPSA) is 26.3 Å². The van der Waals surface area contributed by atoms with E-state index in [0.717, 1.165) is 6.42 Å². The molecule has 0 aliphatic rings. The molecule has 0 unspecified atom stereocenters. The van der Waals surface area contributed by atoms with E-state index in [9.17, 15) is 4.79 Å². The fraction of sp³-hybridized carbons (Fsp3) is 0.615. The molecule has 0 aliphatic heterocycles. The monoisotopic (exact) mass is 210 g/mol. The zero-order valence-corrected chi connectivity index (χ0v) is 10.4. The Morgan fingerprint density at radius 1 is 1.33 bits per heavy atom. The second-order valence-electron chi connectivity index (χ2n) is 4.24. The Hall–Kier alpha value is -1.05. The number of carbonyl (C=O) groups is 1. The molecule has 2 atom stereocenters. The molecule has 0 aromatic carbocycles. The van der Waals surface area contributed by atoms with Crippen LogP contribution in [-0.2, 0) is 9.53 Å². The zero-order valence-electron chi connectivity index (χ0n) is 10.4. The molecule has 0 saturated carbocycles. The first kappa shape index (κ1) is 13.9. The molecular formula is C13H22O2. The Labute approximate surface area is 93.0 Å². The second kappa shape index (κ2) is 7.27. The van der Waals surface area contributed by atoms with Gasteiger partial charge in [0, 0.05) is 6.08 Å². The van der Waals surface area contributed by atoms with Crippen molar-refractivity contribution in [3.8, 4) is 0 Å². The van der Waals surface area contributed by atoms with Crippen molar-refractivity contribution in [1.82, 2.24) is 0 Å². The van der Waals surface area contributed by atoms with E-state index in [1.54, 1.807) is 0 Å². The zero-order chi connectivity index (χ0) is 11.8. The first-order valence-corrected chi connectivity index (χ1v) is 5.37. The van der Waals surface area contributed by atoms with Gasteiger partial charge in [-0.25, -0.2) is 4.79 Å². The van der Waals surface area contributed by atoms with Gasteiger partial charge in [-0.1, -0.05) is 31.6 Å². The van der Waals surface area contributed by atoms with Gasteiger partial charge in [0.25, 0.3) is 0 Å². The maximum Gasteiger partial charge on any atom is 0.330 e. The summed E-state index contributed by atoms with van der Waals surface area (Å²) in [4.78, 5) is 10.9. The molecule has 0 N–H and O–H groups in total. The predicted octanol–water partition coefficient (Wildman–Crippen LogP) is 3.34. The highest BCUT2D eigenvalue weighted by atomic mass is 16.5. The fourth-order valence-electron chi connectivity index (χ4n) is 1.12. The van der Waals surface area contributed by atoms with Crippen molar-refractivity contribution in [3.63, 3.8) is 0 Å². The van der Waals surface area contributed by atoms with Crippen LogP contribution >= 0.6 is 0 Å².